The molecule has 1 saturated carbocycles. The molecule has 0 N–H and O–H groups in total. The Bertz CT molecular complexity index is 396. The second kappa shape index (κ2) is 6.83. The molecule has 0 amide bonds. The molecule has 0 saturated heterocycles. The molecule has 1 atom stereocenters. The monoisotopic (exact) mass is 330 g/mol. The van der Waals surface area contributed by atoms with Crippen molar-refractivity contribution >= 4 is 33.0 Å². The molecule has 0 bridgehead atoms. The fourth-order valence-electron chi connectivity index (χ4n) is 2.64. The van der Waals surface area contributed by atoms with Crippen molar-refractivity contribution in [3.8, 4) is 0 Å². The minimum Gasteiger partial charge on any atom is -0.370 e. The highest BCUT2D eigenvalue weighted by molar-refractivity contribution is 9.10. The molecule has 1 aliphatic carbocycles. The van der Waals surface area contributed by atoms with Gasteiger partial charge in [-0.3, -0.25) is 4.79 Å². The average molecular weight is 331 g/mol. The number of hydrogen-bond donors (Lipinski definition) is 0. The smallest absolute Gasteiger partial charge is 0.202 e. The first-order valence-electron chi connectivity index (χ1n) is 6.62. The Morgan fingerprint density at radius 2 is 2.22 bits per heavy atom. The summed E-state index contributed by atoms with van der Waals surface area (Å²) < 4.78 is 6.66. The van der Waals surface area contributed by atoms with Gasteiger partial charge in [0.1, 0.15) is 6.10 Å². The van der Waals surface area contributed by atoms with E-state index >= 15 is 0 Å². The summed E-state index contributed by atoms with van der Waals surface area (Å²) >= 11 is 4.94. The van der Waals surface area contributed by atoms with Crippen LogP contribution in [0.25, 0.3) is 0 Å². The van der Waals surface area contributed by atoms with Crippen molar-refractivity contribution < 1.29 is 9.53 Å². The quantitative estimate of drug-likeness (QED) is 0.733. The van der Waals surface area contributed by atoms with E-state index < -0.39 is 0 Å². The molecule has 4 heteroatoms. The van der Waals surface area contributed by atoms with Gasteiger partial charge in [0.25, 0.3) is 0 Å². The highest BCUT2D eigenvalue weighted by atomic mass is 79.9. The van der Waals surface area contributed by atoms with Crippen LogP contribution in [0.5, 0.6) is 0 Å². The predicted octanol–water partition coefficient (Wildman–Crippen LogP) is 4.68. The van der Waals surface area contributed by atoms with Crippen LogP contribution in [0.15, 0.2) is 15.9 Å². The van der Waals surface area contributed by atoms with Gasteiger partial charge in [-0.15, -0.1) is 11.3 Å². The van der Waals surface area contributed by atoms with Gasteiger partial charge < -0.3 is 4.74 Å². The van der Waals surface area contributed by atoms with Crippen LogP contribution in [0.1, 0.15) is 48.7 Å². The molecule has 2 nitrogen and oxygen atoms in total. The van der Waals surface area contributed by atoms with Crippen LogP contribution in [-0.2, 0) is 4.74 Å². The molecule has 1 heterocycles. The summed E-state index contributed by atoms with van der Waals surface area (Å²) in [5.41, 5.74) is 0. The minimum absolute atomic E-state index is 0.158. The Morgan fingerprint density at radius 3 is 2.78 bits per heavy atom. The van der Waals surface area contributed by atoms with Crippen molar-refractivity contribution in [2.24, 2.45) is 5.92 Å². The lowest BCUT2D eigenvalue weighted by Crippen LogP contribution is -2.33. The molecule has 100 valence electrons. The summed E-state index contributed by atoms with van der Waals surface area (Å²) in [6, 6.07) is 1.93. The summed E-state index contributed by atoms with van der Waals surface area (Å²) in [5, 5.41) is 1.95. The maximum atomic E-state index is 12.6. The van der Waals surface area contributed by atoms with E-state index in [0.717, 1.165) is 22.2 Å². The molecule has 0 aliphatic heterocycles. The fourth-order valence-corrected chi connectivity index (χ4v) is 4.18. The fraction of sp³-hybridized carbons (Fsp3) is 0.643. The van der Waals surface area contributed by atoms with Crippen molar-refractivity contribution in [3.63, 3.8) is 0 Å². The Hall–Kier alpha value is -0.190. The van der Waals surface area contributed by atoms with Crippen LogP contribution >= 0.6 is 27.3 Å². The molecule has 1 unspecified atom stereocenters. The molecule has 1 aromatic heterocycles. The van der Waals surface area contributed by atoms with Crippen LogP contribution < -0.4 is 0 Å². The normalized spacial score (nSPS) is 18.8. The SMILES string of the molecule is CCOC(C(=O)c1sccc1Br)C1CCCCC1. The number of carbonyl (C=O) groups excluding carboxylic acids is 1. The van der Waals surface area contributed by atoms with Crippen molar-refractivity contribution in [2.45, 2.75) is 45.1 Å². The predicted molar refractivity (Wildman–Crippen MR) is 78.3 cm³/mol. The number of Topliss-reactive ketones (excluding diaryl/α,β-unsaturated/α-hetero) is 1. The third kappa shape index (κ3) is 3.22. The number of thiophene rings is 1. The van der Waals surface area contributed by atoms with Crippen LogP contribution in [0.3, 0.4) is 0 Å². The summed E-state index contributed by atoms with van der Waals surface area (Å²) in [6.07, 6.45) is 5.76. The first-order chi connectivity index (χ1) is 8.74. The van der Waals surface area contributed by atoms with Crippen molar-refractivity contribution in [2.75, 3.05) is 6.61 Å². The van der Waals surface area contributed by atoms with Gasteiger partial charge in [0, 0.05) is 11.1 Å². The summed E-state index contributed by atoms with van der Waals surface area (Å²) in [4.78, 5) is 13.4. The lowest BCUT2D eigenvalue weighted by atomic mass is 9.83. The van der Waals surface area contributed by atoms with Gasteiger partial charge in [-0.25, -0.2) is 0 Å². The van der Waals surface area contributed by atoms with E-state index in [1.54, 1.807) is 0 Å². The van der Waals surface area contributed by atoms with E-state index in [4.69, 9.17) is 4.74 Å². The van der Waals surface area contributed by atoms with Gasteiger partial charge in [-0.1, -0.05) is 19.3 Å². The lowest BCUT2D eigenvalue weighted by Gasteiger charge is -2.28. The zero-order valence-corrected chi connectivity index (χ0v) is 13.1. The van der Waals surface area contributed by atoms with Crippen molar-refractivity contribution in [1.29, 1.82) is 0 Å². The molecule has 1 aromatic rings. The van der Waals surface area contributed by atoms with Crippen LogP contribution in [0.2, 0.25) is 0 Å². The number of carbonyl (C=O) groups is 1. The number of rotatable bonds is 5. The van der Waals surface area contributed by atoms with Gasteiger partial charge in [-0.2, -0.15) is 0 Å². The lowest BCUT2D eigenvalue weighted by molar-refractivity contribution is 0.0129. The summed E-state index contributed by atoms with van der Waals surface area (Å²) in [6.45, 7) is 2.57. The molecule has 0 spiro atoms. The minimum atomic E-state index is -0.245. The molecule has 2 rings (SSSR count). The Balaban J connectivity index is 2.13. The molecule has 1 fully saturated rings. The molecular weight excluding hydrogens is 312 g/mol. The van der Waals surface area contributed by atoms with E-state index in [1.165, 1.54) is 30.6 Å². The van der Waals surface area contributed by atoms with Gasteiger partial charge in [-0.05, 0) is 53.1 Å². The maximum absolute atomic E-state index is 12.6. The largest absolute Gasteiger partial charge is 0.370 e. The first-order valence-corrected chi connectivity index (χ1v) is 8.30. The molecule has 1 aliphatic rings. The third-order valence-corrected chi connectivity index (χ3v) is 5.38. The van der Waals surface area contributed by atoms with Crippen LogP contribution in [0.4, 0.5) is 0 Å². The van der Waals surface area contributed by atoms with E-state index in [9.17, 15) is 4.79 Å². The van der Waals surface area contributed by atoms with Crippen LogP contribution in [-0.4, -0.2) is 18.5 Å². The Morgan fingerprint density at radius 1 is 1.50 bits per heavy atom. The molecule has 18 heavy (non-hydrogen) atoms. The van der Waals surface area contributed by atoms with Gasteiger partial charge in [0.05, 0.1) is 4.88 Å². The number of ether oxygens (including phenoxy) is 1. The first kappa shape index (κ1) is 14.2. The van der Waals surface area contributed by atoms with E-state index in [0.29, 0.717) is 12.5 Å². The molecule has 0 radical (unpaired) electrons. The second-order valence-electron chi connectivity index (χ2n) is 4.74. The maximum Gasteiger partial charge on any atom is 0.202 e. The summed E-state index contributed by atoms with van der Waals surface area (Å²) in [7, 11) is 0. The van der Waals surface area contributed by atoms with Gasteiger partial charge in [0.2, 0.25) is 5.78 Å². The topological polar surface area (TPSA) is 26.3 Å². The van der Waals surface area contributed by atoms with Gasteiger partial charge >= 0.3 is 0 Å². The van der Waals surface area contributed by atoms with Crippen molar-refractivity contribution in [3.05, 3.63) is 20.8 Å². The Kier molecular flexibility index (Phi) is 5.39. The zero-order chi connectivity index (χ0) is 13.0. The van der Waals surface area contributed by atoms with Crippen molar-refractivity contribution in [1.82, 2.24) is 0 Å². The van der Waals surface area contributed by atoms with Crippen LogP contribution in [0, 0.1) is 5.92 Å². The average Bonchev–Trinajstić information content (AvgIpc) is 2.82. The Labute approximate surface area is 121 Å². The molecular formula is C14H19BrO2S. The van der Waals surface area contributed by atoms with E-state index in [1.807, 2.05) is 18.4 Å². The number of hydrogen-bond acceptors (Lipinski definition) is 3. The number of halogens is 1. The van der Waals surface area contributed by atoms with E-state index in [-0.39, 0.29) is 11.9 Å². The van der Waals surface area contributed by atoms with E-state index in [2.05, 4.69) is 15.9 Å². The summed E-state index contributed by atoms with van der Waals surface area (Å²) in [5.74, 6) is 0.561. The standard InChI is InChI=1S/C14H19BrO2S/c1-2-17-13(10-6-4-3-5-7-10)12(16)14-11(15)8-9-18-14/h8-10,13H,2-7H2,1H3. The van der Waals surface area contributed by atoms with Gasteiger partial charge in [0.15, 0.2) is 0 Å². The number of ketones is 1. The third-order valence-electron chi connectivity index (χ3n) is 3.52. The molecule has 0 aromatic carbocycles. The highest BCUT2D eigenvalue weighted by Gasteiger charge is 2.32. The zero-order valence-electron chi connectivity index (χ0n) is 10.7. The highest BCUT2D eigenvalue weighted by Crippen LogP contribution is 2.32. The second-order valence-corrected chi connectivity index (χ2v) is 6.51.